The molecule has 0 aliphatic carbocycles. The Kier molecular flexibility index (Phi) is 3.90. The van der Waals surface area contributed by atoms with Crippen LogP contribution in [-0.2, 0) is 13.0 Å². The van der Waals surface area contributed by atoms with Crippen LogP contribution in [-0.4, -0.2) is 20.4 Å². The molecule has 0 saturated carbocycles. The molecule has 3 aromatic rings. The molecule has 0 atom stereocenters. The molecule has 3 nitrogen and oxygen atoms in total. The molecule has 0 aliphatic rings. The van der Waals surface area contributed by atoms with Crippen molar-refractivity contribution in [2.24, 2.45) is 0 Å². The van der Waals surface area contributed by atoms with Crippen LogP contribution in [0.5, 0.6) is 0 Å². The number of alkyl halides is 1. The third kappa shape index (κ3) is 2.51. The number of pyridine rings is 1. The molecule has 0 bridgehead atoms. The average Bonchev–Trinajstić information content (AvgIpc) is 2.80. The van der Waals surface area contributed by atoms with E-state index in [-0.39, 0.29) is 0 Å². The zero-order chi connectivity index (χ0) is 13.9. The molecule has 3 rings (SSSR count). The van der Waals surface area contributed by atoms with Crippen LogP contribution in [0.15, 0.2) is 42.7 Å². The maximum absolute atomic E-state index is 6.25. The van der Waals surface area contributed by atoms with Gasteiger partial charge >= 0.3 is 0 Å². The minimum Gasteiger partial charge on any atom is -0.323 e. The predicted molar refractivity (Wildman–Crippen MR) is 82.5 cm³/mol. The lowest BCUT2D eigenvalue weighted by Gasteiger charge is -2.10. The van der Waals surface area contributed by atoms with Crippen LogP contribution >= 0.6 is 23.2 Å². The van der Waals surface area contributed by atoms with E-state index in [1.54, 1.807) is 12.4 Å². The normalized spacial score (nSPS) is 11.1. The minimum absolute atomic E-state index is 0.541. The van der Waals surface area contributed by atoms with E-state index in [0.29, 0.717) is 12.4 Å². The minimum atomic E-state index is 0.541. The predicted octanol–water partition coefficient (Wildman–Crippen LogP) is 3.91. The van der Waals surface area contributed by atoms with Gasteiger partial charge in [-0.15, -0.1) is 11.6 Å². The molecule has 1 aromatic carbocycles. The zero-order valence-electron chi connectivity index (χ0n) is 10.8. The number of halogens is 2. The lowest BCUT2D eigenvalue weighted by Crippen LogP contribution is -2.06. The van der Waals surface area contributed by atoms with E-state index in [9.17, 15) is 0 Å². The highest BCUT2D eigenvalue weighted by atomic mass is 35.5. The Hall–Kier alpha value is -1.58. The van der Waals surface area contributed by atoms with E-state index in [2.05, 4.69) is 14.5 Å². The van der Waals surface area contributed by atoms with Crippen LogP contribution in [0.25, 0.3) is 11.0 Å². The van der Waals surface area contributed by atoms with Gasteiger partial charge in [0.2, 0.25) is 0 Å². The Morgan fingerprint density at radius 3 is 2.80 bits per heavy atom. The van der Waals surface area contributed by atoms with Crippen molar-refractivity contribution in [1.82, 2.24) is 14.5 Å². The first kappa shape index (κ1) is 13.4. The topological polar surface area (TPSA) is 30.7 Å². The second kappa shape index (κ2) is 5.81. The summed E-state index contributed by atoms with van der Waals surface area (Å²) in [4.78, 5) is 8.72. The molecule has 2 heterocycles. The number of benzene rings is 1. The summed E-state index contributed by atoms with van der Waals surface area (Å²) < 4.78 is 2.15. The van der Waals surface area contributed by atoms with Crippen LogP contribution in [0.3, 0.4) is 0 Å². The number of fused-ring (bicyclic) bond motifs is 1. The van der Waals surface area contributed by atoms with Crippen LogP contribution in [0, 0.1) is 0 Å². The van der Waals surface area contributed by atoms with Gasteiger partial charge in [-0.1, -0.05) is 29.8 Å². The molecule has 0 amide bonds. The van der Waals surface area contributed by atoms with Crippen molar-refractivity contribution >= 4 is 34.2 Å². The van der Waals surface area contributed by atoms with Crippen molar-refractivity contribution in [3.8, 4) is 0 Å². The third-order valence-electron chi connectivity index (χ3n) is 3.23. The fourth-order valence-corrected chi connectivity index (χ4v) is 2.64. The van der Waals surface area contributed by atoms with Gasteiger partial charge in [-0.25, -0.2) is 4.98 Å². The van der Waals surface area contributed by atoms with Gasteiger partial charge in [0.1, 0.15) is 11.3 Å². The number of imidazole rings is 1. The number of rotatable bonds is 4. The Morgan fingerprint density at radius 1 is 1.15 bits per heavy atom. The molecule has 0 aliphatic heterocycles. The molecule has 0 radical (unpaired) electrons. The molecular formula is C15H13Cl2N3. The Morgan fingerprint density at radius 2 is 2.00 bits per heavy atom. The molecule has 0 spiro atoms. The Labute approximate surface area is 127 Å². The molecule has 5 heteroatoms. The van der Waals surface area contributed by atoms with Gasteiger partial charge in [0.15, 0.2) is 0 Å². The van der Waals surface area contributed by atoms with Gasteiger partial charge in [-0.05, 0) is 17.7 Å². The largest absolute Gasteiger partial charge is 0.323 e. The van der Waals surface area contributed by atoms with Crippen molar-refractivity contribution < 1.29 is 0 Å². The van der Waals surface area contributed by atoms with E-state index in [4.69, 9.17) is 23.2 Å². The molecule has 20 heavy (non-hydrogen) atoms. The number of aromatic nitrogens is 3. The molecule has 0 fully saturated rings. The van der Waals surface area contributed by atoms with Crippen molar-refractivity contribution in [2.45, 2.75) is 13.0 Å². The van der Waals surface area contributed by atoms with E-state index in [1.165, 1.54) is 0 Å². The monoisotopic (exact) mass is 305 g/mol. The van der Waals surface area contributed by atoms with E-state index in [0.717, 1.165) is 33.9 Å². The second-order valence-electron chi connectivity index (χ2n) is 4.51. The summed E-state index contributed by atoms with van der Waals surface area (Å²) in [5.74, 6) is 1.50. The van der Waals surface area contributed by atoms with Crippen LogP contribution in [0.2, 0.25) is 5.02 Å². The zero-order valence-corrected chi connectivity index (χ0v) is 12.3. The second-order valence-corrected chi connectivity index (χ2v) is 5.29. The first-order chi connectivity index (χ1) is 9.79. The standard InChI is InChI=1S/C15H13Cl2N3/c16-7-5-15-19-13-9-18-8-6-14(13)20(15)10-11-3-1-2-4-12(11)17/h1-4,6,8-9H,5,7,10H2. The lowest BCUT2D eigenvalue weighted by atomic mass is 10.2. The summed E-state index contributed by atoms with van der Waals surface area (Å²) in [7, 11) is 0. The molecule has 0 saturated heterocycles. The van der Waals surface area contributed by atoms with E-state index < -0.39 is 0 Å². The Bertz CT molecular complexity index is 737. The number of hydrogen-bond acceptors (Lipinski definition) is 2. The third-order valence-corrected chi connectivity index (χ3v) is 3.79. The summed E-state index contributed by atoms with van der Waals surface area (Å²) in [5.41, 5.74) is 3.01. The smallest absolute Gasteiger partial charge is 0.111 e. The van der Waals surface area contributed by atoms with Gasteiger partial charge in [-0.3, -0.25) is 4.98 Å². The van der Waals surface area contributed by atoms with Crippen molar-refractivity contribution in [1.29, 1.82) is 0 Å². The van der Waals surface area contributed by atoms with Gasteiger partial charge in [0.05, 0.1) is 18.3 Å². The average molecular weight is 306 g/mol. The highest BCUT2D eigenvalue weighted by Gasteiger charge is 2.11. The number of nitrogens with zero attached hydrogens (tertiary/aromatic N) is 3. The van der Waals surface area contributed by atoms with E-state index in [1.807, 2.05) is 30.3 Å². The summed E-state index contributed by atoms with van der Waals surface area (Å²) in [6, 6.07) is 9.82. The number of aryl methyl sites for hydroxylation is 1. The van der Waals surface area contributed by atoms with Gasteiger partial charge in [0, 0.05) is 23.5 Å². The highest BCUT2D eigenvalue weighted by molar-refractivity contribution is 6.31. The van der Waals surface area contributed by atoms with Crippen molar-refractivity contribution in [3.05, 3.63) is 59.1 Å². The van der Waals surface area contributed by atoms with Gasteiger partial charge in [-0.2, -0.15) is 0 Å². The maximum atomic E-state index is 6.25. The van der Waals surface area contributed by atoms with Crippen molar-refractivity contribution in [2.75, 3.05) is 5.88 Å². The first-order valence-corrected chi connectivity index (χ1v) is 7.29. The molecule has 0 N–H and O–H groups in total. The first-order valence-electron chi connectivity index (χ1n) is 6.38. The summed E-state index contributed by atoms with van der Waals surface area (Å²) in [6.45, 7) is 0.687. The van der Waals surface area contributed by atoms with Crippen LogP contribution in [0.1, 0.15) is 11.4 Å². The fourth-order valence-electron chi connectivity index (χ4n) is 2.28. The molecular weight excluding hydrogens is 293 g/mol. The van der Waals surface area contributed by atoms with E-state index >= 15 is 0 Å². The molecule has 102 valence electrons. The lowest BCUT2D eigenvalue weighted by molar-refractivity contribution is 0.755. The molecule has 2 aromatic heterocycles. The van der Waals surface area contributed by atoms with Crippen LogP contribution < -0.4 is 0 Å². The SMILES string of the molecule is ClCCc1nc2cnccc2n1Cc1ccccc1Cl. The quantitative estimate of drug-likeness (QED) is 0.684. The highest BCUT2D eigenvalue weighted by Crippen LogP contribution is 2.21. The van der Waals surface area contributed by atoms with Gasteiger partial charge in [0.25, 0.3) is 0 Å². The number of hydrogen-bond donors (Lipinski definition) is 0. The van der Waals surface area contributed by atoms with Gasteiger partial charge < -0.3 is 4.57 Å². The maximum Gasteiger partial charge on any atom is 0.111 e. The van der Waals surface area contributed by atoms with Crippen molar-refractivity contribution in [3.63, 3.8) is 0 Å². The molecule has 0 unspecified atom stereocenters. The Balaban J connectivity index is 2.09. The summed E-state index contributed by atoms with van der Waals surface area (Å²) in [6.07, 6.45) is 4.27. The summed E-state index contributed by atoms with van der Waals surface area (Å²) in [5, 5.41) is 0.764. The van der Waals surface area contributed by atoms with Crippen LogP contribution in [0.4, 0.5) is 0 Å². The fraction of sp³-hybridized carbons (Fsp3) is 0.200. The summed E-state index contributed by atoms with van der Waals surface area (Å²) >= 11 is 12.1.